The largest absolute Gasteiger partial charge is 0.383 e. The number of ether oxygens (including phenoxy) is 1. The normalized spacial score (nSPS) is 11.4. The molecule has 1 unspecified atom stereocenters. The van der Waals surface area contributed by atoms with Crippen LogP contribution in [-0.4, -0.2) is 31.5 Å². The van der Waals surface area contributed by atoms with E-state index in [9.17, 15) is 4.79 Å². The molecule has 176 valence electrons. The van der Waals surface area contributed by atoms with Crippen molar-refractivity contribution in [1.29, 1.82) is 0 Å². The van der Waals surface area contributed by atoms with Gasteiger partial charge >= 0.3 is 0 Å². The first-order chi connectivity index (χ1) is 15.8. The molecule has 0 bridgehead atoms. The number of aryl methyl sites for hydroxylation is 4. The highest BCUT2D eigenvalue weighted by molar-refractivity contribution is 6.29. The molecule has 0 saturated carbocycles. The molecule has 3 aromatic rings. The maximum Gasteiger partial charge on any atom is 0.242 e. The van der Waals surface area contributed by atoms with Gasteiger partial charge < -0.3 is 9.64 Å². The molecular weight excluding hydrogens is 434 g/mol. The standard InChI is InChI=1S/C15H22ClNO2.C12H14N2/c1-5-13-8-6-7-11(2)15(13)17(14(18)9-16)12(3)10-19-4;1-13-7-3-11(4-8-13)12-5-9-14(2)10-6-12/h6-8,12H,5,9-10H2,1-4H3;3-10H,1-2H3/q;+2. The Bertz CT molecular complexity index is 977. The van der Waals surface area contributed by atoms with Crippen molar-refractivity contribution in [2.24, 2.45) is 14.1 Å². The number of benzene rings is 1. The predicted molar refractivity (Wildman–Crippen MR) is 134 cm³/mol. The SMILES string of the molecule is CCc1cccc(C)c1N(C(=O)CCl)C(C)COC.C[n+]1ccc(-c2cc[n+](C)cc2)cc1. The summed E-state index contributed by atoms with van der Waals surface area (Å²) in [5.74, 6) is -0.110. The fourth-order valence-electron chi connectivity index (χ4n) is 3.71. The number of rotatable bonds is 7. The molecule has 5 nitrogen and oxygen atoms in total. The van der Waals surface area contributed by atoms with Crippen LogP contribution in [-0.2, 0) is 30.0 Å². The van der Waals surface area contributed by atoms with Gasteiger partial charge in [0.2, 0.25) is 5.91 Å². The van der Waals surface area contributed by atoms with Crippen molar-refractivity contribution in [3.8, 4) is 11.1 Å². The Balaban J connectivity index is 0.000000243. The number of alkyl halides is 1. The van der Waals surface area contributed by atoms with E-state index in [0.717, 1.165) is 23.2 Å². The summed E-state index contributed by atoms with van der Waals surface area (Å²) >= 11 is 5.76. The number of aromatic nitrogens is 2. The van der Waals surface area contributed by atoms with Gasteiger partial charge in [-0.2, -0.15) is 0 Å². The molecule has 1 atom stereocenters. The smallest absolute Gasteiger partial charge is 0.242 e. The molecule has 0 aliphatic rings. The lowest BCUT2D eigenvalue weighted by molar-refractivity contribution is -0.671. The highest BCUT2D eigenvalue weighted by atomic mass is 35.5. The quantitative estimate of drug-likeness (QED) is 0.384. The summed E-state index contributed by atoms with van der Waals surface area (Å²) in [7, 11) is 5.68. The summed E-state index contributed by atoms with van der Waals surface area (Å²) in [5.41, 5.74) is 5.72. The molecule has 0 radical (unpaired) electrons. The van der Waals surface area contributed by atoms with Crippen LogP contribution in [0.2, 0.25) is 0 Å². The number of carbonyl (C=O) groups is 1. The number of hydrogen-bond donors (Lipinski definition) is 0. The number of halogens is 1. The van der Waals surface area contributed by atoms with Crippen LogP contribution < -0.4 is 14.0 Å². The van der Waals surface area contributed by atoms with E-state index >= 15 is 0 Å². The molecular formula is C27H36ClN3O2+2. The van der Waals surface area contributed by atoms with Gasteiger partial charge in [-0.15, -0.1) is 11.6 Å². The second-order valence-electron chi connectivity index (χ2n) is 8.14. The van der Waals surface area contributed by atoms with Crippen molar-refractivity contribution < 1.29 is 18.7 Å². The number of carbonyl (C=O) groups excluding carboxylic acids is 1. The first-order valence-corrected chi connectivity index (χ1v) is 11.7. The van der Waals surface area contributed by atoms with Gasteiger partial charge in [-0.1, -0.05) is 25.1 Å². The van der Waals surface area contributed by atoms with Crippen LogP contribution in [0.4, 0.5) is 5.69 Å². The molecule has 6 heteroatoms. The van der Waals surface area contributed by atoms with E-state index in [-0.39, 0.29) is 17.8 Å². The number of nitrogens with zero attached hydrogens (tertiary/aromatic N) is 3. The van der Waals surface area contributed by atoms with Gasteiger partial charge in [0.05, 0.1) is 18.3 Å². The van der Waals surface area contributed by atoms with E-state index in [1.54, 1.807) is 12.0 Å². The van der Waals surface area contributed by atoms with E-state index in [1.165, 1.54) is 11.1 Å². The summed E-state index contributed by atoms with van der Waals surface area (Å²) < 4.78 is 9.25. The highest BCUT2D eigenvalue weighted by Gasteiger charge is 2.24. The molecule has 0 N–H and O–H groups in total. The van der Waals surface area contributed by atoms with Crippen molar-refractivity contribution >= 4 is 23.2 Å². The molecule has 2 heterocycles. The van der Waals surface area contributed by atoms with Gasteiger partial charge in [0, 0.05) is 31.4 Å². The highest BCUT2D eigenvalue weighted by Crippen LogP contribution is 2.28. The molecule has 2 aromatic heterocycles. The van der Waals surface area contributed by atoms with Crippen LogP contribution in [0.15, 0.2) is 67.3 Å². The first kappa shape index (κ1) is 26.5. The Morgan fingerprint density at radius 1 is 1.00 bits per heavy atom. The van der Waals surface area contributed by atoms with Gasteiger partial charge in [0.25, 0.3) is 0 Å². The summed E-state index contributed by atoms with van der Waals surface area (Å²) in [6.07, 6.45) is 9.11. The molecule has 0 aliphatic heterocycles. The molecule has 0 fully saturated rings. The van der Waals surface area contributed by atoms with Gasteiger partial charge in [-0.05, 0) is 42.5 Å². The zero-order valence-corrected chi connectivity index (χ0v) is 21.3. The van der Waals surface area contributed by atoms with E-state index in [1.807, 2.05) is 49.2 Å². The molecule has 0 spiro atoms. The van der Waals surface area contributed by atoms with Crippen LogP contribution in [0.1, 0.15) is 25.0 Å². The number of anilines is 1. The third kappa shape index (κ3) is 7.37. The molecule has 3 rings (SSSR count). The van der Waals surface area contributed by atoms with Crippen molar-refractivity contribution in [2.45, 2.75) is 33.2 Å². The second kappa shape index (κ2) is 13.1. The molecule has 0 aliphatic carbocycles. The van der Waals surface area contributed by atoms with Crippen molar-refractivity contribution in [3.05, 3.63) is 78.4 Å². The Morgan fingerprint density at radius 2 is 1.52 bits per heavy atom. The minimum Gasteiger partial charge on any atom is -0.383 e. The van der Waals surface area contributed by atoms with Crippen molar-refractivity contribution in [3.63, 3.8) is 0 Å². The first-order valence-electron chi connectivity index (χ1n) is 11.2. The topological polar surface area (TPSA) is 37.3 Å². The maximum atomic E-state index is 12.2. The van der Waals surface area contributed by atoms with E-state index in [2.05, 4.69) is 62.0 Å². The Hall–Kier alpha value is -2.76. The summed E-state index contributed by atoms with van der Waals surface area (Å²) in [4.78, 5) is 14.0. The minimum absolute atomic E-state index is 0.0223. The molecule has 33 heavy (non-hydrogen) atoms. The van der Waals surface area contributed by atoms with Gasteiger partial charge in [0.1, 0.15) is 20.0 Å². The Kier molecular flexibility index (Phi) is 10.5. The maximum absolute atomic E-state index is 12.2. The summed E-state index contributed by atoms with van der Waals surface area (Å²) in [6.45, 7) is 6.56. The number of pyridine rings is 2. The van der Waals surface area contributed by atoms with Crippen molar-refractivity contribution in [2.75, 3.05) is 24.5 Å². The predicted octanol–water partition coefficient (Wildman–Crippen LogP) is 4.17. The number of para-hydroxylation sites is 1. The monoisotopic (exact) mass is 469 g/mol. The van der Waals surface area contributed by atoms with E-state index < -0.39 is 0 Å². The Morgan fingerprint density at radius 3 is 1.94 bits per heavy atom. The second-order valence-corrected chi connectivity index (χ2v) is 8.41. The van der Waals surface area contributed by atoms with Crippen LogP contribution in [0.3, 0.4) is 0 Å². The van der Waals surface area contributed by atoms with Crippen LogP contribution in [0.5, 0.6) is 0 Å². The average Bonchev–Trinajstić information content (AvgIpc) is 2.82. The van der Waals surface area contributed by atoms with E-state index in [0.29, 0.717) is 6.61 Å². The van der Waals surface area contributed by atoms with E-state index in [4.69, 9.17) is 16.3 Å². The zero-order chi connectivity index (χ0) is 24.4. The Labute approximate surface area is 203 Å². The lowest BCUT2D eigenvalue weighted by Crippen LogP contribution is -2.43. The summed E-state index contributed by atoms with van der Waals surface area (Å²) in [6, 6.07) is 14.5. The lowest BCUT2D eigenvalue weighted by atomic mass is 10.0. The fraction of sp³-hybridized carbons (Fsp3) is 0.370. The zero-order valence-electron chi connectivity index (χ0n) is 20.6. The van der Waals surface area contributed by atoms with Gasteiger partial charge in [-0.25, -0.2) is 9.13 Å². The summed E-state index contributed by atoms with van der Waals surface area (Å²) in [5, 5.41) is 0. The van der Waals surface area contributed by atoms with Gasteiger partial charge in [-0.3, -0.25) is 4.79 Å². The molecule has 1 amide bonds. The van der Waals surface area contributed by atoms with Crippen LogP contribution in [0.25, 0.3) is 11.1 Å². The molecule has 0 saturated heterocycles. The third-order valence-corrected chi connectivity index (χ3v) is 5.69. The lowest BCUT2D eigenvalue weighted by Gasteiger charge is -2.31. The van der Waals surface area contributed by atoms with Crippen molar-refractivity contribution in [1.82, 2.24) is 0 Å². The number of hydrogen-bond acceptors (Lipinski definition) is 2. The number of methoxy groups -OCH3 is 1. The minimum atomic E-state index is -0.0878. The van der Waals surface area contributed by atoms with Gasteiger partial charge in [0.15, 0.2) is 24.8 Å². The molecule has 1 aromatic carbocycles. The number of amides is 1. The average molecular weight is 470 g/mol. The fourth-order valence-corrected chi connectivity index (χ4v) is 3.84. The third-order valence-electron chi connectivity index (χ3n) is 5.47. The van der Waals surface area contributed by atoms with Crippen LogP contribution >= 0.6 is 11.6 Å². The van der Waals surface area contributed by atoms with Crippen LogP contribution in [0, 0.1) is 6.92 Å².